The lowest BCUT2D eigenvalue weighted by molar-refractivity contribution is -0.115. The minimum absolute atomic E-state index is 0.00303. The molecule has 0 radical (unpaired) electrons. The Bertz CT molecular complexity index is 884. The molecule has 0 unspecified atom stereocenters. The number of alkyl halides is 2. The van der Waals surface area contributed by atoms with Gasteiger partial charge in [0.1, 0.15) is 5.75 Å². The van der Waals surface area contributed by atoms with Crippen LogP contribution < -0.4 is 14.8 Å². The van der Waals surface area contributed by atoms with E-state index in [0.29, 0.717) is 16.8 Å². The summed E-state index contributed by atoms with van der Waals surface area (Å²) < 4.78 is 54.6. The second-order valence-corrected chi connectivity index (χ2v) is 7.29. The monoisotopic (exact) mass is 384 g/mol. The van der Waals surface area contributed by atoms with Gasteiger partial charge in [0.05, 0.1) is 11.3 Å². The molecule has 0 aliphatic rings. The van der Waals surface area contributed by atoms with Gasteiger partial charge < -0.3 is 10.1 Å². The van der Waals surface area contributed by atoms with Gasteiger partial charge in [-0.05, 0) is 49.4 Å². The van der Waals surface area contributed by atoms with E-state index in [1.807, 2.05) is 0 Å². The highest BCUT2D eigenvalue weighted by Crippen LogP contribution is 2.20. The number of benzene rings is 2. The van der Waals surface area contributed by atoms with Crippen LogP contribution in [0.5, 0.6) is 5.75 Å². The third-order valence-electron chi connectivity index (χ3n) is 3.54. The number of anilines is 1. The lowest BCUT2D eigenvalue weighted by atomic mass is 10.1. The average Bonchev–Trinajstić information content (AvgIpc) is 2.57. The predicted octanol–water partition coefficient (Wildman–Crippen LogP) is 2.69. The number of carbonyl (C=O) groups is 1. The minimum Gasteiger partial charge on any atom is -0.435 e. The zero-order valence-corrected chi connectivity index (χ0v) is 14.9. The van der Waals surface area contributed by atoms with Crippen molar-refractivity contribution in [2.24, 2.45) is 0 Å². The van der Waals surface area contributed by atoms with Crippen LogP contribution in [0.2, 0.25) is 0 Å². The summed E-state index contributed by atoms with van der Waals surface area (Å²) in [4.78, 5) is 12.2. The van der Waals surface area contributed by atoms with Gasteiger partial charge in [-0.3, -0.25) is 4.79 Å². The van der Waals surface area contributed by atoms with Gasteiger partial charge in [-0.2, -0.15) is 8.78 Å². The van der Waals surface area contributed by atoms with Crippen molar-refractivity contribution in [1.82, 2.24) is 4.72 Å². The molecule has 0 saturated heterocycles. The highest BCUT2D eigenvalue weighted by molar-refractivity contribution is 7.89. The molecular formula is C17H18F2N2O4S. The van der Waals surface area contributed by atoms with Crippen molar-refractivity contribution >= 4 is 21.6 Å². The molecule has 0 aliphatic heterocycles. The lowest BCUT2D eigenvalue weighted by Gasteiger charge is -2.11. The summed E-state index contributed by atoms with van der Waals surface area (Å²) >= 11 is 0. The van der Waals surface area contributed by atoms with Crippen molar-refractivity contribution in [2.45, 2.75) is 24.9 Å². The zero-order valence-electron chi connectivity index (χ0n) is 14.1. The molecule has 2 aromatic rings. The SMILES string of the molecule is CNS(=O)(=O)c1cc(NC(=O)Cc2ccc(OC(F)F)cc2)ccc1C. The normalized spacial score (nSPS) is 11.4. The lowest BCUT2D eigenvalue weighted by Crippen LogP contribution is -2.20. The molecule has 0 saturated carbocycles. The third kappa shape index (κ3) is 5.24. The number of hydrogen-bond donors (Lipinski definition) is 2. The summed E-state index contributed by atoms with van der Waals surface area (Å²) in [5.41, 5.74) is 1.48. The van der Waals surface area contributed by atoms with Crippen LogP contribution in [0.25, 0.3) is 0 Å². The number of ether oxygens (including phenoxy) is 1. The Hall–Kier alpha value is -2.52. The number of nitrogens with one attached hydrogen (secondary N) is 2. The summed E-state index contributed by atoms with van der Waals surface area (Å²) in [5.74, 6) is -0.367. The van der Waals surface area contributed by atoms with E-state index in [2.05, 4.69) is 14.8 Å². The second-order valence-electron chi connectivity index (χ2n) is 5.44. The van der Waals surface area contributed by atoms with Gasteiger partial charge >= 0.3 is 6.61 Å². The van der Waals surface area contributed by atoms with E-state index < -0.39 is 16.6 Å². The predicted molar refractivity (Wildman–Crippen MR) is 92.8 cm³/mol. The maximum Gasteiger partial charge on any atom is 0.387 e. The highest BCUT2D eigenvalue weighted by atomic mass is 32.2. The first-order valence-corrected chi connectivity index (χ1v) is 9.07. The van der Waals surface area contributed by atoms with Gasteiger partial charge in [0.2, 0.25) is 15.9 Å². The first-order valence-electron chi connectivity index (χ1n) is 7.59. The van der Waals surface area contributed by atoms with Gasteiger partial charge in [0.15, 0.2) is 0 Å². The third-order valence-corrected chi connectivity index (χ3v) is 5.10. The Labute approximate surface area is 150 Å². The van der Waals surface area contributed by atoms with E-state index >= 15 is 0 Å². The van der Waals surface area contributed by atoms with E-state index in [0.717, 1.165) is 0 Å². The van der Waals surface area contributed by atoms with Crippen molar-refractivity contribution in [2.75, 3.05) is 12.4 Å². The zero-order chi connectivity index (χ0) is 19.3. The number of amides is 1. The summed E-state index contributed by atoms with van der Waals surface area (Å²) in [6.07, 6.45) is -0.00303. The van der Waals surface area contributed by atoms with Crippen LogP contribution >= 0.6 is 0 Å². The molecule has 0 fully saturated rings. The summed E-state index contributed by atoms with van der Waals surface area (Å²) in [7, 11) is -2.33. The number of halogens is 2. The van der Waals surface area contributed by atoms with E-state index in [4.69, 9.17) is 0 Å². The van der Waals surface area contributed by atoms with Crippen molar-refractivity contribution in [3.8, 4) is 5.75 Å². The Morgan fingerprint density at radius 1 is 1.15 bits per heavy atom. The number of sulfonamides is 1. The Morgan fingerprint density at radius 3 is 2.38 bits per heavy atom. The van der Waals surface area contributed by atoms with Crippen LogP contribution in [0.4, 0.5) is 14.5 Å². The van der Waals surface area contributed by atoms with E-state index in [-0.39, 0.29) is 23.0 Å². The molecule has 0 heterocycles. The molecule has 9 heteroatoms. The molecule has 0 bridgehead atoms. The first kappa shape index (κ1) is 19.8. The van der Waals surface area contributed by atoms with Gasteiger partial charge in [0, 0.05) is 5.69 Å². The fourth-order valence-corrected chi connectivity index (χ4v) is 3.25. The number of aryl methyl sites for hydroxylation is 1. The maximum atomic E-state index is 12.1. The molecule has 0 atom stereocenters. The smallest absolute Gasteiger partial charge is 0.387 e. The van der Waals surface area contributed by atoms with Crippen LogP contribution in [0.3, 0.4) is 0 Å². The topological polar surface area (TPSA) is 84.5 Å². The van der Waals surface area contributed by atoms with E-state index in [1.54, 1.807) is 19.1 Å². The van der Waals surface area contributed by atoms with Crippen LogP contribution in [-0.4, -0.2) is 28.0 Å². The Kier molecular flexibility index (Phi) is 6.27. The Balaban J connectivity index is 2.07. The number of hydrogen-bond acceptors (Lipinski definition) is 4. The summed E-state index contributed by atoms with van der Waals surface area (Å²) in [5, 5.41) is 2.62. The van der Waals surface area contributed by atoms with Crippen molar-refractivity contribution in [1.29, 1.82) is 0 Å². The van der Waals surface area contributed by atoms with Gasteiger partial charge in [0.25, 0.3) is 0 Å². The summed E-state index contributed by atoms with van der Waals surface area (Å²) in [6, 6.07) is 10.3. The fourth-order valence-electron chi connectivity index (χ4n) is 2.26. The molecule has 2 aromatic carbocycles. The molecular weight excluding hydrogens is 366 g/mol. The average molecular weight is 384 g/mol. The number of rotatable bonds is 7. The van der Waals surface area contributed by atoms with Gasteiger partial charge in [-0.25, -0.2) is 13.1 Å². The molecule has 1 amide bonds. The van der Waals surface area contributed by atoms with Crippen molar-refractivity contribution in [3.63, 3.8) is 0 Å². The van der Waals surface area contributed by atoms with Crippen LogP contribution in [0, 0.1) is 6.92 Å². The first-order chi connectivity index (χ1) is 12.2. The molecule has 2 N–H and O–H groups in total. The van der Waals surface area contributed by atoms with Crippen LogP contribution in [-0.2, 0) is 21.2 Å². The number of carbonyl (C=O) groups excluding carboxylic acids is 1. The van der Waals surface area contributed by atoms with Gasteiger partial charge in [-0.15, -0.1) is 0 Å². The van der Waals surface area contributed by atoms with Gasteiger partial charge in [-0.1, -0.05) is 18.2 Å². The molecule has 0 spiro atoms. The second kappa shape index (κ2) is 8.24. The fraction of sp³-hybridized carbons (Fsp3) is 0.235. The van der Waals surface area contributed by atoms with Crippen LogP contribution in [0.1, 0.15) is 11.1 Å². The largest absolute Gasteiger partial charge is 0.435 e. The standard InChI is InChI=1S/C17H18F2N2O4S/c1-11-3-6-13(10-15(11)26(23,24)20-2)21-16(22)9-12-4-7-14(8-5-12)25-17(18)19/h3-8,10,17,20H,9H2,1-2H3,(H,21,22). The quantitative estimate of drug-likeness (QED) is 0.769. The van der Waals surface area contributed by atoms with Crippen molar-refractivity contribution in [3.05, 3.63) is 53.6 Å². The molecule has 26 heavy (non-hydrogen) atoms. The summed E-state index contributed by atoms with van der Waals surface area (Å²) in [6.45, 7) is -1.26. The van der Waals surface area contributed by atoms with E-state index in [9.17, 15) is 22.0 Å². The molecule has 140 valence electrons. The molecule has 0 aromatic heterocycles. The highest BCUT2D eigenvalue weighted by Gasteiger charge is 2.16. The Morgan fingerprint density at radius 2 is 1.81 bits per heavy atom. The van der Waals surface area contributed by atoms with Crippen molar-refractivity contribution < 1.29 is 26.7 Å². The molecule has 2 rings (SSSR count). The van der Waals surface area contributed by atoms with E-state index in [1.165, 1.54) is 37.4 Å². The molecule has 0 aliphatic carbocycles. The van der Waals surface area contributed by atoms with Crippen LogP contribution in [0.15, 0.2) is 47.4 Å². The molecule has 6 nitrogen and oxygen atoms in total. The maximum absolute atomic E-state index is 12.1. The minimum atomic E-state index is -3.64.